The molecule has 1 aromatic carbocycles. The van der Waals surface area contributed by atoms with E-state index in [4.69, 9.17) is 18.9 Å². The van der Waals surface area contributed by atoms with Crippen LogP contribution in [0.5, 0.6) is 11.5 Å². The smallest absolute Gasteiger partial charge is 0.333 e. The molecule has 0 saturated carbocycles. The quantitative estimate of drug-likeness (QED) is 0.0613. The van der Waals surface area contributed by atoms with Gasteiger partial charge in [-0.05, 0) is 59.2 Å². The number of hydrogen-bond acceptors (Lipinski definition) is 15. The van der Waals surface area contributed by atoms with Crippen LogP contribution in [0.15, 0.2) is 18.2 Å². The number of fused-ring (bicyclic) bond motifs is 1. The maximum absolute atomic E-state index is 14.3. The molecule has 0 aliphatic carbocycles. The lowest BCUT2D eigenvalue weighted by molar-refractivity contribution is -0.184. The highest BCUT2D eigenvalue weighted by atomic mass is 32.2. The van der Waals surface area contributed by atoms with E-state index >= 15 is 0 Å². The van der Waals surface area contributed by atoms with E-state index in [9.17, 15) is 47.9 Å². The average Bonchev–Trinajstić information content (AvgIpc) is 3.36. The summed E-state index contributed by atoms with van der Waals surface area (Å²) in [5.41, 5.74) is -3.21. The number of likely N-dealkylation sites (N-methyl/N-ethyl adjacent to an activating group) is 1. The normalized spacial score (nSPS) is 22.0. The van der Waals surface area contributed by atoms with Crippen molar-refractivity contribution in [1.29, 1.82) is 0 Å². The maximum atomic E-state index is 14.3. The highest BCUT2D eigenvalue weighted by Gasteiger charge is 2.73. The molecule has 4 rings (SSSR count). The van der Waals surface area contributed by atoms with Gasteiger partial charge in [0.2, 0.25) is 24.8 Å². The topological polar surface area (TPSA) is 253 Å². The molecule has 1 unspecified atom stereocenters. The highest BCUT2D eigenvalue weighted by Crippen LogP contribution is 2.54. The Bertz CT molecular complexity index is 1830. The van der Waals surface area contributed by atoms with E-state index in [1.54, 1.807) is 41.5 Å². The number of carbonyl (C=O) groups is 10. The van der Waals surface area contributed by atoms with Crippen molar-refractivity contribution in [2.75, 3.05) is 26.4 Å². The Labute approximate surface area is 319 Å². The molecule has 0 spiro atoms. The molecule has 3 N–H and O–H groups in total. The van der Waals surface area contributed by atoms with Gasteiger partial charge in [-0.15, -0.1) is 11.8 Å². The number of imide groups is 1. The van der Waals surface area contributed by atoms with Gasteiger partial charge in [0.05, 0.1) is 5.41 Å². The molecular formula is C34H42N6O14S. The summed E-state index contributed by atoms with van der Waals surface area (Å²) in [6, 6.07) is -0.813. The number of amides is 7. The zero-order chi connectivity index (χ0) is 41.2. The molecule has 3 heterocycles. The minimum atomic E-state index is -2.20. The van der Waals surface area contributed by atoms with Crippen LogP contribution in [0.4, 0.5) is 4.79 Å². The first-order valence-corrected chi connectivity index (χ1v) is 17.8. The molecule has 3 saturated heterocycles. The van der Waals surface area contributed by atoms with Crippen molar-refractivity contribution in [2.24, 2.45) is 5.41 Å². The zero-order valence-electron chi connectivity index (χ0n) is 31.3. The summed E-state index contributed by atoms with van der Waals surface area (Å²) in [4.78, 5) is 131. The van der Waals surface area contributed by atoms with Crippen LogP contribution in [0, 0.1) is 5.41 Å². The van der Waals surface area contributed by atoms with E-state index in [0.717, 1.165) is 42.6 Å². The highest BCUT2D eigenvalue weighted by molar-refractivity contribution is 8.01. The SMILES string of the molecule is CCN1CCN(C(=O)NC(C(=O)N[C@]2(NC=O)C(=O)N3[C@@H](C(=O)OCOC(=O)C(C)(C)C)C(C)(C)S[C@@H]32)c2ccc(OC(C)=O)c(OC(C)=O)c2)C(=O)C1=O. The summed E-state index contributed by atoms with van der Waals surface area (Å²) in [5, 5.41) is 6.05. The van der Waals surface area contributed by atoms with Crippen molar-refractivity contribution in [3.8, 4) is 11.5 Å². The number of hydrogen-bond donors (Lipinski definition) is 3. The average molecular weight is 791 g/mol. The van der Waals surface area contributed by atoms with Crippen molar-refractivity contribution in [2.45, 2.75) is 83.3 Å². The molecule has 298 valence electrons. The van der Waals surface area contributed by atoms with Gasteiger partial charge >= 0.3 is 41.7 Å². The van der Waals surface area contributed by atoms with Gasteiger partial charge in [-0.3, -0.25) is 43.3 Å². The van der Waals surface area contributed by atoms with E-state index in [2.05, 4.69) is 16.0 Å². The first-order chi connectivity index (χ1) is 25.6. The number of ether oxygens (including phenoxy) is 4. The number of carbonyl (C=O) groups excluding carboxylic acids is 10. The van der Waals surface area contributed by atoms with Crippen LogP contribution in [-0.4, -0.2) is 123 Å². The number of rotatable bonds is 12. The predicted molar refractivity (Wildman–Crippen MR) is 187 cm³/mol. The number of urea groups is 1. The summed E-state index contributed by atoms with van der Waals surface area (Å²) in [7, 11) is 0. The molecule has 3 aliphatic rings. The Morgan fingerprint density at radius 3 is 2.18 bits per heavy atom. The van der Waals surface area contributed by atoms with Crippen molar-refractivity contribution in [3.05, 3.63) is 23.8 Å². The second-order valence-electron chi connectivity index (χ2n) is 14.1. The van der Waals surface area contributed by atoms with Crippen molar-refractivity contribution in [1.82, 2.24) is 30.7 Å². The third-order valence-corrected chi connectivity index (χ3v) is 10.3. The fraction of sp³-hybridized carbons (Fsp3) is 0.529. The van der Waals surface area contributed by atoms with Crippen LogP contribution in [0.3, 0.4) is 0 Å². The Hall–Kier alpha value is -5.73. The Kier molecular flexibility index (Phi) is 12.2. The summed E-state index contributed by atoms with van der Waals surface area (Å²) < 4.78 is 19.4. The molecule has 20 nitrogen and oxygen atoms in total. The number of nitrogens with zero attached hydrogens (tertiary/aromatic N) is 3. The van der Waals surface area contributed by atoms with Gasteiger partial charge in [0.15, 0.2) is 11.5 Å². The zero-order valence-corrected chi connectivity index (χ0v) is 32.2. The third-order valence-electron chi connectivity index (χ3n) is 8.65. The lowest BCUT2D eigenvalue weighted by atomic mass is 9.90. The van der Waals surface area contributed by atoms with Gasteiger partial charge in [-0.1, -0.05) is 6.07 Å². The number of β-lactam (4-membered cyclic amide) rings is 1. The largest absolute Gasteiger partial charge is 0.427 e. The Morgan fingerprint density at radius 1 is 0.964 bits per heavy atom. The molecule has 3 fully saturated rings. The van der Waals surface area contributed by atoms with Crippen LogP contribution in [0.2, 0.25) is 0 Å². The number of thioether (sulfide) groups is 1. The minimum absolute atomic E-state index is 0.00700. The summed E-state index contributed by atoms with van der Waals surface area (Å²) in [5.74, 6) is -7.99. The molecular weight excluding hydrogens is 748 g/mol. The van der Waals surface area contributed by atoms with Gasteiger partial charge in [0.1, 0.15) is 17.5 Å². The Morgan fingerprint density at radius 2 is 1.60 bits per heavy atom. The molecule has 55 heavy (non-hydrogen) atoms. The maximum Gasteiger partial charge on any atom is 0.333 e. The first-order valence-electron chi connectivity index (χ1n) is 16.9. The van der Waals surface area contributed by atoms with Gasteiger partial charge in [0.25, 0.3) is 5.91 Å². The molecule has 1 aromatic rings. The van der Waals surface area contributed by atoms with Crippen LogP contribution >= 0.6 is 11.8 Å². The van der Waals surface area contributed by atoms with Crippen LogP contribution < -0.4 is 25.4 Å². The molecule has 7 amide bonds. The van der Waals surface area contributed by atoms with Gasteiger partial charge in [-0.25, -0.2) is 9.59 Å². The third kappa shape index (κ3) is 8.50. The number of piperazine rings is 1. The molecule has 21 heteroatoms. The van der Waals surface area contributed by atoms with Gasteiger partial charge < -0.3 is 44.7 Å². The molecule has 3 aliphatic heterocycles. The second-order valence-corrected chi connectivity index (χ2v) is 15.9. The lowest BCUT2D eigenvalue weighted by Gasteiger charge is -2.52. The van der Waals surface area contributed by atoms with Crippen molar-refractivity contribution < 1.29 is 66.9 Å². The lowest BCUT2D eigenvalue weighted by Crippen LogP contribution is -2.85. The van der Waals surface area contributed by atoms with E-state index < -0.39 is 93.6 Å². The van der Waals surface area contributed by atoms with E-state index in [1.807, 2.05) is 0 Å². The first kappa shape index (κ1) is 42.0. The number of benzene rings is 1. The number of esters is 4. The summed E-state index contributed by atoms with van der Waals surface area (Å²) >= 11 is 1.03. The second kappa shape index (κ2) is 15.9. The Balaban J connectivity index is 1.68. The van der Waals surface area contributed by atoms with Crippen LogP contribution in [0.1, 0.15) is 67.0 Å². The van der Waals surface area contributed by atoms with E-state index in [1.165, 1.54) is 11.0 Å². The number of nitrogens with one attached hydrogen (secondary N) is 3. The predicted octanol–water partition coefficient (Wildman–Crippen LogP) is -0.311. The molecule has 0 aromatic heterocycles. The summed E-state index contributed by atoms with van der Waals surface area (Å²) in [6.45, 7) is 11.1. The van der Waals surface area contributed by atoms with Crippen LogP contribution in [0.25, 0.3) is 0 Å². The van der Waals surface area contributed by atoms with Crippen LogP contribution in [-0.2, 0) is 52.6 Å². The molecule has 4 atom stereocenters. The fourth-order valence-corrected chi connectivity index (χ4v) is 7.62. The van der Waals surface area contributed by atoms with Gasteiger partial charge in [-0.2, -0.15) is 0 Å². The van der Waals surface area contributed by atoms with E-state index in [-0.39, 0.29) is 43.1 Å². The fourth-order valence-electron chi connectivity index (χ4n) is 5.97. The van der Waals surface area contributed by atoms with Gasteiger partial charge in [0, 0.05) is 38.2 Å². The van der Waals surface area contributed by atoms with Crippen molar-refractivity contribution in [3.63, 3.8) is 0 Å². The molecule has 0 bridgehead atoms. The van der Waals surface area contributed by atoms with Crippen molar-refractivity contribution >= 4 is 71.7 Å². The standard InChI is InChI=1S/C34H42N6O14S/c1-9-38-12-13-39(26(46)25(38)45)31(50)36-22(19-10-11-20(53-17(2)42)21(14-19)54-18(3)43)24(44)37-34(35-15-41)28(48)40-23(33(7,8)55-29(34)40)27(47)51-16-52-30(49)32(4,5)6/h10-11,14-15,22-23,29H,9,12-13,16H2,1-8H3,(H,35,41)(H,36,50)(H,37,44)/t22?,23-,29+,34+/m0/s1. The van der Waals surface area contributed by atoms with E-state index in [0.29, 0.717) is 4.90 Å². The summed E-state index contributed by atoms with van der Waals surface area (Å²) in [6.07, 6.45) is 0.151. The minimum Gasteiger partial charge on any atom is -0.427 e. The molecule has 0 radical (unpaired) electrons. The monoisotopic (exact) mass is 790 g/mol.